The van der Waals surface area contributed by atoms with Gasteiger partial charge in [0, 0.05) is 24.0 Å². The van der Waals surface area contributed by atoms with Crippen molar-refractivity contribution in [1.82, 2.24) is 0 Å². The number of carbonyl (C=O) groups excluding carboxylic acids is 1. The first kappa shape index (κ1) is 32.6. The summed E-state index contributed by atoms with van der Waals surface area (Å²) >= 11 is 3.71. The van der Waals surface area contributed by atoms with Crippen LogP contribution >= 0.6 is 23.1 Å². The van der Waals surface area contributed by atoms with Gasteiger partial charge < -0.3 is 5.11 Å². The molecule has 1 N–H and O–H groups in total. The number of aryl methyl sites for hydroxylation is 1. The number of ketones is 1. The molecule has 0 spiro atoms. The van der Waals surface area contributed by atoms with Crippen molar-refractivity contribution in [2.24, 2.45) is 16.2 Å². The molecule has 1 aliphatic heterocycles. The highest BCUT2D eigenvalue weighted by Gasteiger charge is 2.34. The van der Waals surface area contributed by atoms with Crippen molar-refractivity contribution in [2.75, 3.05) is 0 Å². The van der Waals surface area contributed by atoms with Crippen molar-refractivity contribution in [3.63, 3.8) is 0 Å². The third-order valence-corrected chi connectivity index (χ3v) is 10.1. The Bertz CT molecular complexity index is 1300. The second kappa shape index (κ2) is 11.8. The molecule has 2 heterocycles. The maximum atomic E-state index is 13.3. The molecule has 0 amide bonds. The molecule has 0 unspecified atom stereocenters. The first-order chi connectivity index (χ1) is 18.1. The lowest BCUT2D eigenvalue weighted by Crippen LogP contribution is -2.21. The van der Waals surface area contributed by atoms with E-state index in [1.54, 1.807) is 0 Å². The lowest BCUT2D eigenvalue weighted by atomic mass is 9.84. The minimum atomic E-state index is -0.0837. The summed E-state index contributed by atoms with van der Waals surface area (Å²) in [6, 6.07) is 4.37. The topological polar surface area (TPSA) is 37.3 Å². The molecule has 0 fully saturated rings. The molecule has 1 aliphatic carbocycles. The molecule has 1 aromatic rings. The molecule has 0 radical (unpaired) electrons. The van der Waals surface area contributed by atoms with E-state index in [1.165, 1.54) is 19.6 Å². The summed E-state index contributed by atoms with van der Waals surface area (Å²) in [5.74, 6) is 0.0202. The summed E-state index contributed by atoms with van der Waals surface area (Å²) in [4.78, 5) is 18.5. The van der Waals surface area contributed by atoms with E-state index in [0.717, 1.165) is 36.8 Å². The van der Waals surface area contributed by atoms with E-state index in [1.807, 2.05) is 35.3 Å². The molecule has 2 nitrogen and oxygen atoms in total. The Morgan fingerprint density at radius 1 is 0.800 bits per heavy atom. The fourth-order valence-electron chi connectivity index (χ4n) is 4.35. The Morgan fingerprint density at radius 2 is 1.40 bits per heavy atom. The number of rotatable bonds is 6. The Kier molecular flexibility index (Phi) is 9.59. The van der Waals surface area contributed by atoms with Gasteiger partial charge in [-0.3, -0.25) is 4.79 Å². The third-order valence-electron chi connectivity index (χ3n) is 7.08. The van der Waals surface area contributed by atoms with E-state index < -0.39 is 0 Å². The minimum Gasteiger partial charge on any atom is -0.506 e. The summed E-state index contributed by atoms with van der Waals surface area (Å²) in [5, 5.41) is 11.0. The molecule has 0 saturated carbocycles. The van der Waals surface area contributed by atoms with Gasteiger partial charge in [0.25, 0.3) is 0 Å². The molecule has 3 rings (SSSR count). The van der Waals surface area contributed by atoms with Crippen molar-refractivity contribution in [2.45, 2.75) is 114 Å². The van der Waals surface area contributed by atoms with Gasteiger partial charge in [0.15, 0.2) is 0 Å². The van der Waals surface area contributed by atoms with Gasteiger partial charge in [-0.2, -0.15) is 0 Å². The first-order valence-electron chi connectivity index (χ1n) is 14.6. The predicted molar refractivity (Wildman–Crippen MR) is 178 cm³/mol. The summed E-state index contributed by atoms with van der Waals surface area (Å²) < 4.78 is 0. The monoisotopic (exact) mass is 579 g/mol. The highest BCUT2D eigenvalue weighted by Crippen LogP contribution is 2.46. The zero-order valence-electron chi connectivity index (χ0n) is 27.0. The number of thioether (sulfide) groups is 1. The third kappa shape index (κ3) is 9.05. The van der Waals surface area contributed by atoms with Crippen LogP contribution in [0, 0.1) is 16.2 Å². The number of Topliss-reactive ketones (excluding diaryl/α,β-unsaturated/α-hetero) is 1. The molecule has 40 heavy (non-hydrogen) atoms. The van der Waals surface area contributed by atoms with Crippen LogP contribution in [-0.2, 0) is 16.6 Å². The van der Waals surface area contributed by atoms with Crippen molar-refractivity contribution in [1.29, 1.82) is 0 Å². The smallest absolute Gasteiger partial charge is 0.219 e. The normalized spacial score (nSPS) is 19.2. The lowest BCUT2D eigenvalue weighted by Gasteiger charge is -2.28. The highest BCUT2D eigenvalue weighted by molar-refractivity contribution is 8.06. The maximum absolute atomic E-state index is 13.3. The van der Waals surface area contributed by atoms with Crippen LogP contribution in [0.25, 0.3) is 6.08 Å². The van der Waals surface area contributed by atoms with E-state index in [2.05, 4.69) is 107 Å². The molecule has 1 aromatic heterocycles. The van der Waals surface area contributed by atoms with Gasteiger partial charge in [-0.15, -0.1) is 0 Å². The van der Waals surface area contributed by atoms with Gasteiger partial charge in [-0.25, -0.2) is 0 Å². The summed E-state index contributed by atoms with van der Waals surface area (Å²) in [6.07, 6.45) is 12.3. The van der Waals surface area contributed by atoms with E-state index in [4.69, 9.17) is 0 Å². The Morgan fingerprint density at radius 3 is 1.93 bits per heavy atom. The molecule has 0 bridgehead atoms. The average Bonchev–Trinajstić information content (AvgIpc) is 2.81. The van der Waals surface area contributed by atoms with Crippen LogP contribution in [0.2, 0.25) is 0 Å². The largest absolute Gasteiger partial charge is 0.506 e. The van der Waals surface area contributed by atoms with Crippen LogP contribution in [0.5, 0.6) is 0 Å². The Balaban J connectivity index is 1.97. The molecule has 0 atom stereocenters. The zero-order chi connectivity index (χ0) is 30.3. The van der Waals surface area contributed by atoms with E-state index in [9.17, 15) is 9.90 Å². The standard InChI is InChI=1S/C36H50O2S2/c1-33(2,3)15-13-25-17-23(21-29(39-25)35(7,8)9)19-27-31(37)28(32(27)38)20-24-18-26(14-16-34(4,5)6)40-30(22-24)36(10,11)12/h17-22H,13-16H2,1-12H3/p+1. The summed E-state index contributed by atoms with van der Waals surface area (Å²) in [5.41, 5.74) is 3.34. The van der Waals surface area contributed by atoms with Crippen molar-refractivity contribution in [3.05, 3.63) is 78.0 Å². The van der Waals surface area contributed by atoms with E-state index >= 15 is 0 Å². The van der Waals surface area contributed by atoms with Crippen LogP contribution in [0.3, 0.4) is 0 Å². The van der Waals surface area contributed by atoms with Crippen LogP contribution < -0.4 is 0 Å². The van der Waals surface area contributed by atoms with Gasteiger partial charge in [0.2, 0.25) is 26.9 Å². The van der Waals surface area contributed by atoms with Crippen LogP contribution in [-0.4, -0.2) is 10.9 Å². The van der Waals surface area contributed by atoms with E-state index in [0.29, 0.717) is 11.1 Å². The zero-order valence-corrected chi connectivity index (χ0v) is 28.6. The van der Waals surface area contributed by atoms with Gasteiger partial charge in [-0.1, -0.05) is 94.8 Å². The number of allylic oxidation sites excluding steroid dienone is 8. The predicted octanol–water partition coefficient (Wildman–Crippen LogP) is 11.4. The average molecular weight is 580 g/mol. The quantitative estimate of drug-likeness (QED) is 0.269. The Labute approximate surface area is 252 Å². The van der Waals surface area contributed by atoms with Gasteiger partial charge in [0.05, 0.1) is 11.1 Å². The van der Waals surface area contributed by atoms with E-state index in [-0.39, 0.29) is 33.2 Å². The van der Waals surface area contributed by atoms with Crippen LogP contribution in [0.15, 0.2) is 62.6 Å². The molecule has 4 heteroatoms. The molecular weight excluding hydrogens is 529 g/mol. The number of aliphatic hydroxyl groups is 1. The van der Waals surface area contributed by atoms with Crippen molar-refractivity contribution < 1.29 is 9.90 Å². The molecule has 0 saturated heterocycles. The summed E-state index contributed by atoms with van der Waals surface area (Å²) in [6.45, 7) is 27.0. The maximum Gasteiger partial charge on any atom is 0.219 e. The summed E-state index contributed by atoms with van der Waals surface area (Å²) in [7, 11) is 0. The lowest BCUT2D eigenvalue weighted by molar-refractivity contribution is -0.113. The number of hydrogen-bond acceptors (Lipinski definition) is 3. The van der Waals surface area contributed by atoms with Gasteiger partial charge >= 0.3 is 0 Å². The van der Waals surface area contributed by atoms with Crippen LogP contribution in [0.1, 0.15) is 118 Å². The van der Waals surface area contributed by atoms with Gasteiger partial charge in [0.1, 0.15) is 5.76 Å². The fraction of sp³-hybridized carbons (Fsp3) is 0.556. The minimum absolute atomic E-state index is 0.0138. The number of hydrogen-bond donors (Lipinski definition) is 1. The van der Waals surface area contributed by atoms with Crippen molar-refractivity contribution in [3.8, 4) is 0 Å². The van der Waals surface area contributed by atoms with Gasteiger partial charge in [-0.05, 0) is 80.8 Å². The SMILES string of the molecule is CC(C)(C)CCC1=C/C(=C/C2=C(O)C(=C/c3cc(CCC(C)(C)C)[s+]c(C(C)(C)C)c3)/C2=O)C=C(C(C)(C)C)S1. The molecule has 0 aromatic carbocycles. The molecular formula is C36H51O2S2+. The fourth-order valence-corrected chi connectivity index (χ4v) is 6.72. The molecule has 218 valence electrons. The second-order valence-corrected chi connectivity index (χ2v) is 18.2. The Hall–Kier alpha value is -1.91. The second-order valence-electron chi connectivity index (χ2n) is 15.9. The highest BCUT2D eigenvalue weighted by atomic mass is 32.2. The van der Waals surface area contributed by atoms with Crippen molar-refractivity contribution >= 4 is 35.0 Å². The molecule has 2 aliphatic rings. The number of carbonyl (C=O) groups is 1. The van der Waals surface area contributed by atoms with Crippen LogP contribution in [0.4, 0.5) is 0 Å². The first-order valence-corrected chi connectivity index (χ1v) is 16.3. The number of aliphatic hydroxyl groups excluding tert-OH is 1.